The van der Waals surface area contributed by atoms with Crippen LogP contribution in [0.2, 0.25) is 0 Å². The molecule has 1 aromatic heterocycles. The van der Waals surface area contributed by atoms with Gasteiger partial charge in [-0.3, -0.25) is 9.88 Å². The molecule has 0 aliphatic carbocycles. The van der Waals surface area contributed by atoms with Crippen LogP contribution in [0.4, 0.5) is 0 Å². The van der Waals surface area contributed by atoms with Crippen molar-refractivity contribution in [1.82, 2.24) is 14.8 Å². The molecule has 2 heterocycles. The van der Waals surface area contributed by atoms with Crippen LogP contribution in [0.15, 0.2) is 18.5 Å². The molecule has 0 aromatic carbocycles. The maximum atomic E-state index is 6.04. The van der Waals surface area contributed by atoms with E-state index in [1.807, 2.05) is 12.4 Å². The average Bonchev–Trinajstić information content (AvgIpc) is 2.43. The van der Waals surface area contributed by atoms with E-state index >= 15 is 0 Å². The SMILES string of the molecule is Cc1ccncc1C(CN)N1CCN(CC(C)C)CC1. The number of rotatable bonds is 5. The van der Waals surface area contributed by atoms with Crippen LogP contribution in [-0.4, -0.2) is 54.1 Å². The minimum Gasteiger partial charge on any atom is -0.329 e. The molecule has 1 atom stereocenters. The number of aryl methyl sites for hydroxylation is 1. The molecule has 2 N–H and O–H groups in total. The number of nitrogens with two attached hydrogens (primary N) is 1. The zero-order chi connectivity index (χ0) is 14.5. The quantitative estimate of drug-likeness (QED) is 0.888. The van der Waals surface area contributed by atoms with Crippen molar-refractivity contribution >= 4 is 0 Å². The lowest BCUT2D eigenvalue weighted by molar-refractivity contribution is 0.0909. The number of aromatic nitrogens is 1. The molecule has 0 radical (unpaired) electrons. The maximum Gasteiger partial charge on any atom is 0.0489 e. The Balaban J connectivity index is 1.99. The van der Waals surface area contributed by atoms with Gasteiger partial charge in [0.15, 0.2) is 0 Å². The van der Waals surface area contributed by atoms with E-state index in [9.17, 15) is 0 Å². The highest BCUT2D eigenvalue weighted by atomic mass is 15.3. The summed E-state index contributed by atoms with van der Waals surface area (Å²) in [5.41, 5.74) is 8.61. The first-order valence-corrected chi connectivity index (χ1v) is 7.68. The summed E-state index contributed by atoms with van der Waals surface area (Å²) in [5, 5.41) is 0. The molecule has 4 heteroatoms. The number of nitrogens with zero attached hydrogens (tertiary/aromatic N) is 3. The van der Waals surface area contributed by atoms with E-state index in [-0.39, 0.29) is 0 Å². The van der Waals surface area contributed by atoms with Crippen LogP contribution in [0.1, 0.15) is 31.0 Å². The average molecular weight is 276 g/mol. The van der Waals surface area contributed by atoms with E-state index in [0.717, 1.165) is 32.1 Å². The van der Waals surface area contributed by atoms with Crippen LogP contribution >= 0.6 is 0 Å². The van der Waals surface area contributed by atoms with Gasteiger partial charge in [-0.1, -0.05) is 13.8 Å². The summed E-state index contributed by atoms with van der Waals surface area (Å²) in [7, 11) is 0. The Hall–Kier alpha value is -0.970. The van der Waals surface area contributed by atoms with E-state index in [0.29, 0.717) is 12.6 Å². The van der Waals surface area contributed by atoms with E-state index in [1.54, 1.807) is 0 Å². The van der Waals surface area contributed by atoms with Crippen molar-refractivity contribution in [3.8, 4) is 0 Å². The Morgan fingerprint density at radius 1 is 1.25 bits per heavy atom. The summed E-state index contributed by atoms with van der Waals surface area (Å²) in [4.78, 5) is 9.35. The van der Waals surface area contributed by atoms with Gasteiger partial charge in [0.05, 0.1) is 0 Å². The molecule has 1 saturated heterocycles. The largest absolute Gasteiger partial charge is 0.329 e. The first-order chi connectivity index (χ1) is 9.61. The molecule has 0 bridgehead atoms. The molecule has 1 aromatic rings. The van der Waals surface area contributed by atoms with E-state index < -0.39 is 0 Å². The molecule has 20 heavy (non-hydrogen) atoms. The second-order valence-corrected chi connectivity index (χ2v) is 6.21. The number of pyridine rings is 1. The van der Waals surface area contributed by atoms with Crippen LogP contribution in [0.5, 0.6) is 0 Å². The summed E-state index contributed by atoms with van der Waals surface area (Å²) in [6.07, 6.45) is 3.83. The Kier molecular flexibility index (Phi) is 5.52. The van der Waals surface area contributed by atoms with Gasteiger partial charge in [0, 0.05) is 57.7 Å². The van der Waals surface area contributed by atoms with Crippen molar-refractivity contribution < 1.29 is 0 Å². The van der Waals surface area contributed by atoms with Gasteiger partial charge in [-0.15, -0.1) is 0 Å². The second-order valence-electron chi connectivity index (χ2n) is 6.21. The highest BCUT2D eigenvalue weighted by Gasteiger charge is 2.25. The monoisotopic (exact) mass is 276 g/mol. The van der Waals surface area contributed by atoms with E-state index in [4.69, 9.17) is 5.73 Å². The van der Waals surface area contributed by atoms with Crippen LogP contribution in [-0.2, 0) is 0 Å². The fourth-order valence-electron chi connectivity index (χ4n) is 3.07. The normalized spacial score (nSPS) is 19.4. The summed E-state index contributed by atoms with van der Waals surface area (Å²) in [6.45, 7) is 13.1. The molecule has 1 unspecified atom stereocenters. The molecular formula is C16H28N4. The minimum atomic E-state index is 0.310. The van der Waals surface area contributed by atoms with Gasteiger partial charge in [-0.05, 0) is 30.0 Å². The van der Waals surface area contributed by atoms with E-state index in [2.05, 4.69) is 41.6 Å². The van der Waals surface area contributed by atoms with Crippen molar-refractivity contribution in [3.63, 3.8) is 0 Å². The Bertz CT molecular complexity index is 411. The topological polar surface area (TPSA) is 45.4 Å². The van der Waals surface area contributed by atoms with Gasteiger partial charge in [-0.2, -0.15) is 0 Å². The molecule has 4 nitrogen and oxygen atoms in total. The molecule has 1 aliphatic heterocycles. The summed E-state index contributed by atoms with van der Waals surface area (Å²) in [5.74, 6) is 0.743. The fourth-order valence-corrected chi connectivity index (χ4v) is 3.07. The van der Waals surface area contributed by atoms with Crippen LogP contribution < -0.4 is 5.73 Å². The first kappa shape index (κ1) is 15.4. The molecule has 112 valence electrons. The minimum absolute atomic E-state index is 0.310. The zero-order valence-electron chi connectivity index (χ0n) is 13.0. The van der Waals surface area contributed by atoms with Gasteiger partial charge in [0.25, 0.3) is 0 Å². The molecule has 0 saturated carbocycles. The van der Waals surface area contributed by atoms with Gasteiger partial charge in [0.2, 0.25) is 0 Å². The summed E-state index contributed by atoms with van der Waals surface area (Å²) in [6, 6.07) is 2.39. The number of hydrogen-bond donors (Lipinski definition) is 1. The second kappa shape index (κ2) is 7.16. The zero-order valence-corrected chi connectivity index (χ0v) is 13.0. The lowest BCUT2D eigenvalue weighted by atomic mass is 10.0. The summed E-state index contributed by atoms with van der Waals surface area (Å²) >= 11 is 0. The first-order valence-electron chi connectivity index (χ1n) is 7.68. The number of hydrogen-bond acceptors (Lipinski definition) is 4. The van der Waals surface area contributed by atoms with Crippen molar-refractivity contribution in [1.29, 1.82) is 0 Å². The van der Waals surface area contributed by atoms with Gasteiger partial charge in [0.1, 0.15) is 0 Å². The highest BCUT2D eigenvalue weighted by molar-refractivity contribution is 5.25. The Morgan fingerprint density at radius 3 is 2.50 bits per heavy atom. The molecule has 1 fully saturated rings. The molecular weight excluding hydrogens is 248 g/mol. The Morgan fingerprint density at radius 2 is 1.95 bits per heavy atom. The Labute approximate surface area is 123 Å². The van der Waals surface area contributed by atoms with Gasteiger partial charge >= 0.3 is 0 Å². The predicted octanol–water partition coefficient (Wildman–Crippen LogP) is 1.66. The van der Waals surface area contributed by atoms with Gasteiger partial charge < -0.3 is 10.6 Å². The lowest BCUT2D eigenvalue weighted by Crippen LogP contribution is -2.49. The number of piperazine rings is 1. The maximum absolute atomic E-state index is 6.04. The third kappa shape index (κ3) is 3.78. The van der Waals surface area contributed by atoms with Crippen molar-refractivity contribution in [3.05, 3.63) is 29.6 Å². The molecule has 0 amide bonds. The van der Waals surface area contributed by atoms with Crippen LogP contribution in [0.3, 0.4) is 0 Å². The third-order valence-electron chi connectivity index (χ3n) is 4.13. The molecule has 0 spiro atoms. The molecule has 2 rings (SSSR count). The summed E-state index contributed by atoms with van der Waals surface area (Å²) < 4.78 is 0. The van der Waals surface area contributed by atoms with E-state index in [1.165, 1.54) is 17.7 Å². The van der Waals surface area contributed by atoms with Crippen molar-refractivity contribution in [2.45, 2.75) is 26.8 Å². The predicted molar refractivity (Wildman–Crippen MR) is 83.6 cm³/mol. The fraction of sp³-hybridized carbons (Fsp3) is 0.688. The van der Waals surface area contributed by atoms with Crippen LogP contribution in [0, 0.1) is 12.8 Å². The van der Waals surface area contributed by atoms with Crippen LogP contribution in [0.25, 0.3) is 0 Å². The lowest BCUT2D eigenvalue weighted by Gasteiger charge is -2.40. The highest BCUT2D eigenvalue weighted by Crippen LogP contribution is 2.23. The van der Waals surface area contributed by atoms with Gasteiger partial charge in [-0.25, -0.2) is 0 Å². The molecule has 1 aliphatic rings. The smallest absolute Gasteiger partial charge is 0.0489 e. The van der Waals surface area contributed by atoms with Crippen molar-refractivity contribution in [2.75, 3.05) is 39.3 Å². The standard InChI is InChI=1S/C16H28N4/c1-13(2)12-19-6-8-20(9-7-19)16(10-17)15-11-18-5-4-14(15)3/h4-5,11,13,16H,6-10,12,17H2,1-3H3. The third-order valence-corrected chi connectivity index (χ3v) is 4.13. The van der Waals surface area contributed by atoms with Crippen molar-refractivity contribution in [2.24, 2.45) is 11.7 Å².